The van der Waals surface area contributed by atoms with Crippen LogP contribution in [0.2, 0.25) is 0 Å². The number of hydrogen-bond donors (Lipinski definition) is 2. The second-order valence-corrected chi connectivity index (χ2v) is 6.40. The molecule has 1 aromatic rings. The minimum Gasteiger partial charge on any atom is -0.497 e. The van der Waals surface area contributed by atoms with Crippen LogP contribution in [0.15, 0.2) is 18.2 Å². The van der Waals surface area contributed by atoms with E-state index in [9.17, 15) is 8.42 Å². The van der Waals surface area contributed by atoms with E-state index >= 15 is 0 Å². The van der Waals surface area contributed by atoms with Crippen molar-refractivity contribution in [3.8, 4) is 5.75 Å². The van der Waals surface area contributed by atoms with Gasteiger partial charge < -0.3 is 10.5 Å². The summed E-state index contributed by atoms with van der Waals surface area (Å²) in [6, 6.07) is 4.85. The van der Waals surface area contributed by atoms with Gasteiger partial charge in [-0.1, -0.05) is 13.8 Å². The van der Waals surface area contributed by atoms with Crippen molar-refractivity contribution in [3.05, 3.63) is 18.2 Å². The lowest BCUT2D eigenvalue weighted by Crippen LogP contribution is -2.18. The first-order valence-corrected chi connectivity index (χ1v) is 7.43. The number of nitrogens with two attached hydrogens (primary N) is 1. The standard InChI is InChI=1S/C12H20N2O3S/c1-9(2)6-7-18(15,16)14-12-5-4-10(17-3)8-11(12)13/h4-5,8-9,14H,6-7,13H2,1-3H3. The summed E-state index contributed by atoms with van der Waals surface area (Å²) in [5.74, 6) is 1.03. The number of nitrogen functional groups attached to an aromatic ring is 1. The molecular weight excluding hydrogens is 252 g/mol. The van der Waals surface area contributed by atoms with Gasteiger partial charge in [-0.15, -0.1) is 0 Å². The second kappa shape index (κ2) is 5.95. The van der Waals surface area contributed by atoms with Crippen molar-refractivity contribution in [2.24, 2.45) is 5.92 Å². The van der Waals surface area contributed by atoms with E-state index in [1.165, 1.54) is 7.11 Å². The predicted octanol–water partition coefficient (Wildman–Crippen LogP) is 2.07. The Kier molecular flexibility index (Phi) is 4.84. The van der Waals surface area contributed by atoms with Gasteiger partial charge in [0.05, 0.1) is 24.2 Å². The van der Waals surface area contributed by atoms with Crippen LogP contribution in [-0.2, 0) is 10.0 Å². The lowest BCUT2D eigenvalue weighted by Gasteiger charge is -2.12. The third kappa shape index (κ3) is 4.44. The topological polar surface area (TPSA) is 81.4 Å². The Morgan fingerprint density at radius 1 is 1.39 bits per heavy atom. The molecule has 0 spiro atoms. The zero-order chi connectivity index (χ0) is 13.8. The average molecular weight is 272 g/mol. The van der Waals surface area contributed by atoms with Crippen molar-refractivity contribution in [1.29, 1.82) is 0 Å². The molecular formula is C12H20N2O3S. The summed E-state index contributed by atoms with van der Waals surface area (Å²) < 4.78 is 31.1. The molecule has 0 saturated heterocycles. The maximum absolute atomic E-state index is 11.8. The van der Waals surface area contributed by atoms with Crippen molar-refractivity contribution >= 4 is 21.4 Å². The fourth-order valence-electron chi connectivity index (χ4n) is 1.37. The van der Waals surface area contributed by atoms with Crippen LogP contribution in [0, 0.1) is 5.92 Å². The molecule has 102 valence electrons. The molecule has 1 aromatic carbocycles. The number of rotatable bonds is 6. The van der Waals surface area contributed by atoms with E-state index in [2.05, 4.69) is 4.72 Å². The summed E-state index contributed by atoms with van der Waals surface area (Å²) in [6.07, 6.45) is 0.616. The molecule has 0 aromatic heterocycles. The number of benzene rings is 1. The number of hydrogen-bond acceptors (Lipinski definition) is 4. The third-order valence-corrected chi connectivity index (χ3v) is 3.79. The number of sulfonamides is 1. The maximum Gasteiger partial charge on any atom is 0.232 e. The highest BCUT2D eigenvalue weighted by molar-refractivity contribution is 7.92. The second-order valence-electron chi connectivity index (χ2n) is 4.56. The van der Waals surface area contributed by atoms with Gasteiger partial charge in [-0.2, -0.15) is 0 Å². The first-order valence-electron chi connectivity index (χ1n) is 5.78. The Labute approximate surface area is 108 Å². The van der Waals surface area contributed by atoms with Gasteiger partial charge in [0.1, 0.15) is 5.75 Å². The van der Waals surface area contributed by atoms with Gasteiger partial charge in [-0.25, -0.2) is 8.42 Å². The molecule has 0 saturated carbocycles. The van der Waals surface area contributed by atoms with Crippen LogP contribution >= 0.6 is 0 Å². The lowest BCUT2D eigenvalue weighted by atomic mass is 10.2. The minimum atomic E-state index is -3.34. The summed E-state index contributed by atoms with van der Waals surface area (Å²) >= 11 is 0. The smallest absolute Gasteiger partial charge is 0.232 e. The summed E-state index contributed by atoms with van der Waals surface area (Å²) in [5, 5.41) is 0. The van der Waals surface area contributed by atoms with Crippen molar-refractivity contribution in [3.63, 3.8) is 0 Å². The van der Waals surface area contributed by atoms with Crippen LogP contribution in [0.25, 0.3) is 0 Å². The number of methoxy groups -OCH3 is 1. The molecule has 0 aliphatic heterocycles. The molecule has 0 atom stereocenters. The van der Waals surface area contributed by atoms with Crippen molar-refractivity contribution in [1.82, 2.24) is 0 Å². The fourth-order valence-corrected chi connectivity index (χ4v) is 2.77. The van der Waals surface area contributed by atoms with Gasteiger partial charge >= 0.3 is 0 Å². The van der Waals surface area contributed by atoms with Crippen LogP contribution in [0.5, 0.6) is 5.75 Å². The highest BCUT2D eigenvalue weighted by Crippen LogP contribution is 2.25. The van der Waals surface area contributed by atoms with Gasteiger partial charge in [-0.05, 0) is 24.5 Å². The quantitative estimate of drug-likeness (QED) is 0.777. The van der Waals surface area contributed by atoms with E-state index in [1.54, 1.807) is 18.2 Å². The maximum atomic E-state index is 11.8. The van der Waals surface area contributed by atoms with E-state index < -0.39 is 10.0 Å². The zero-order valence-electron chi connectivity index (χ0n) is 10.9. The molecule has 0 unspecified atom stereocenters. The lowest BCUT2D eigenvalue weighted by molar-refractivity contribution is 0.415. The van der Waals surface area contributed by atoms with E-state index in [1.807, 2.05) is 13.8 Å². The third-order valence-electron chi connectivity index (χ3n) is 2.49. The van der Waals surface area contributed by atoms with Crippen molar-refractivity contribution < 1.29 is 13.2 Å². The Morgan fingerprint density at radius 2 is 2.06 bits per heavy atom. The summed E-state index contributed by atoms with van der Waals surface area (Å²) in [6.45, 7) is 3.97. The Hall–Kier alpha value is -1.43. The average Bonchev–Trinajstić information content (AvgIpc) is 2.29. The molecule has 3 N–H and O–H groups in total. The van der Waals surface area contributed by atoms with Crippen LogP contribution in [0.3, 0.4) is 0 Å². The summed E-state index contributed by atoms with van der Waals surface area (Å²) in [7, 11) is -1.81. The first-order chi connectivity index (χ1) is 8.34. The van der Waals surface area contributed by atoms with Crippen molar-refractivity contribution in [2.75, 3.05) is 23.3 Å². The largest absolute Gasteiger partial charge is 0.497 e. The van der Waals surface area contributed by atoms with Crippen LogP contribution in [0.4, 0.5) is 11.4 Å². The molecule has 18 heavy (non-hydrogen) atoms. The molecule has 0 amide bonds. The zero-order valence-corrected chi connectivity index (χ0v) is 11.8. The van der Waals surface area contributed by atoms with Crippen molar-refractivity contribution in [2.45, 2.75) is 20.3 Å². The fraction of sp³-hybridized carbons (Fsp3) is 0.500. The van der Waals surface area contributed by atoms with Crippen LogP contribution in [0.1, 0.15) is 20.3 Å². The number of ether oxygens (including phenoxy) is 1. The molecule has 0 aliphatic rings. The van der Waals surface area contributed by atoms with Gasteiger partial charge in [0.2, 0.25) is 10.0 Å². The Balaban J connectivity index is 2.78. The monoisotopic (exact) mass is 272 g/mol. The first kappa shape index (κ1) is 14.6. The summed E-state index contributed by atoms with van der Waals surface area (Å²) in [5.41, 5.74) is 6.49. The molecule has 0 aliphatic carbocycles. The number of nitrogens with one attached hydrogen (secondary N) is 1. The molecule has 1 rings (SSSR count). The van der Waals surface area contributed by atoms with E-state index in [0.717, 1.165) is 0 Å². The van der Waals surface area contributed by atoms with Gasteiger partial charge in [0.15, 0.2) is 0 Å². The molecule has 0 radical (unpaired) electrons. The predicted molar refractivity (Wildman–Crippen MR) is 74.3 cm³/mol. The van der Waals surface area contributed by atoms with Crippen LogP contribution < -0.4 is 15.2 Å². The molecule has 5 nitrogen and oxygen atoms in total. The Bertz CT molecular complexity index is 498. The molecule has 0 heterocycles. The number of anilines is 2. The normalized spacial score (nSPS) is 11.6. The van der Waals surface area contributed by atoms with E-state index in [-0.39, 0.29) is 5.75 Å². The van der Waals surface area contributed by atoms with Crippen LogP contribution in [-0.4, -0.2) is 21.3 Å². The van der Waals surface area contributed by atoms with E-state index in [0.29, 0.717) is 29.5 Å². The summed E-state index contributed by atoms with van der Waals surface area (Å²) in [4.78, 5) is 0. The molecule has 0 bridgehead atoms. The highest BCUT2D eigenvalue weighted by Gasteiger charge is 2.13. The van der Waals surface area contributed by atoms with E-state index in [4.69, 9.17) is 10.5 Å². The van der Waals surface area contributed by atoms with Gasteiger partial charge in [0.25, 0.3) is 0 Å². The van der Waals surface area contributed by atoms with Gasteiger partial charge in [0, 0.05) is 6.07 Å². The SMILES string of the molecule is COc1ccc(NS(=O)(=O)CCC(C)C)c(N)c1. The minimum absolute atomic E-state index is 0.0934. The highest BCUT2D eigenvalue weighted by atomic mass is 32.2. The molecule has 6 heteroatoms. The van der Waals surface area contributed by atoms with Gasteiger partial charge in [-0.3, -0.25) is 4.72 Å². The molecule has 0 fully saturated rings. The Morgan fingerprint density at radius 3 is 2.56 bits per heavy atom.